The average molecular weight is 563 g/mol. The summed E-state index contributed by atoms with van der Waals surface area (Å²) in [6.45, 7) is 5.50. The maximum atomic E-state index is 14.3. The van der Waals surface area contributed by atoms with Crippen molar-refractivity contribution in [3.63, 3.8) is 0 Å². The van der Waals surface area contributed by atoms with E-state index in [-0.39, 0.29) is 5.57 Å². The van der Waals surface area contributed by atoms with Crippen LogP contribution < -0.4 is 9.47 Å². The summed E-state index contributed by atoms with van der Waals surface area (Å²) >= 11 is 1.25. The van der Waals surface area contributed by atoms with Gasteiger partial charge in [-0.05, 0) is 37.3 Å². The van der Waals surface area contributed by atoms with Crippen LogP contribution in [-0.2, 0) is 9.53 Å². The summed E-state index contributed by atoms with van der Waals surface area (Å²) in [7, 11) is 3.09. The highest BCUT2D eigenvalue weighted by Crippen LogP contribution is 2.44. The maximum Gasteiger partial charge on any atom is 0.290 e. The molecule has 0 aliphatic carbocycles. The number of benzene rings is 2. The van der Waals surface area contributed by atoms with Gasteiger partial charge in [-0.25, -0.2) is 4.98 Å². The Labute approximate surface area is 235 Å². The maximum absolute atomic E-state index is 14.3. The molecule has 0 spiro atoms. The van der Waals surface area contributed by atoms with Crippen LogP contribution in [0.5, 0.6) is 11.5 Å². The lowest BCUT2D eigenvalue weighted by molar-refractivity contribution is -0.129. The Balaban J connectivity index is 1.45. The number of fused-ring (bicyclic) bond motifs is 3. The summed E-state index contributed by atoms with van der Waals surface area (Å²) < 4.78 is 18.5. The zero-order valence-electron chi connectivity index (χ0n) is 22.5. The van der Waals surface area contributed by atoms with Crippen LogP contribution >= 0.6 is 11.3 Å². The van der Waals surface area contributed by atoms with Crippen molar-refractivity contribution < 1.29 is 28.9 Å². The third kappa shape index (κ3) is 4.30. The van der Waals surface area contributed by atoms with Gasteiger partial charge in [0.2, 0.25) is 5.78 Å². The number of thiazole rings is 1. The second-order valence-electron chi connectivity index (χ2n) is 9.79. The Hall–Kier alpha value is -3.93. The molecule has 1 atom stereocenters. The van der Waals surface area contributed by atoms with E-state index < -0.39 is 23.5 Å². The van der Waals surface area contributed by atoms with Crippen molar-refractivity contribution >= 4 is 39.0 Å². The molecule has 0 radical (unpaired) electrons. The lowest BCUT2D eigenvalue weighted by Gasteiger charge is -2.32. The molecule has 1 fully saturated rings. The number of carbonyl (C=O) groups is 2. The second kappa shape index (κ2) is 10.6. The number of rotatable bonds is 8. The molecule has 4 aromatic rings. The minimum atomic E-state index is -0.864. The normalized spacial score (nSPS) is 18.3. The van der Waals surface area contributed by atoms with Crippen LogP contribution in [0.3, 0.4) is 0 Å². The number of aryl methyl sites for hydroxylation is 1. The molecule has 1 unspecified atom stereocenters. The van der Waals surface area contributed by atoms with Crippen molar-refractivity contribution in [3.05, 3.63) is 69.9 Å². The summed E-state index contributed by atoms with van der Waals surface area (Å²) in [6.07, 6.45) is 0. The molecule has 2 aromatic heterocycles. The SMILES string of the molecule is COc1ccc(OC)c(C2C(C(=O)c3sc4nc5ccccc5n4c3C)=C(O)C(=O)N2CCN2CCOCC2)c1. The predicted molar refractivity (Wildman–Crippen MR) is 151 cm³/mol. The number of nitrogens with zero attached hydrogens (tertiary/aromatic N) is 4. The Morgan fingerprint density at radius 3 is 2.65 bits per heavy atom. The number of aromatic nitrogens is 2. The molecule has 0 saturated carbocycles. The van der Waals surface area contributed by atoms with Crippen LogP contribution in [0.25, 0.3) is 16.0 Å². The predicted octanol–water partition coefficient (Wildman–Crippen LogP) is 3.79. The van der Waals surface area contributed by atoms with Crippen LogP contribution in [0, 0.1) is 6.92 Å². The highest BCUT2D eigenvalue weighted by molar-refractivity contribution is 7.19. The number of Topliss-reactive ketones (excluding diaryl/α,β-unsaturated/α-hetero) is 1. The van der Waals surface area contributed by atoms with Gasteiger partial charge >= 0.3 is 0 Å². The molecule has 2 aliphatic heterocycles. The number of hydrogen-bond donors (Lipinski definition) is 1. The van der Waals surface area contributed by atoms with E-state index in [1.54, 1.807) is 30.2 Å². The molecule has 1 amide bonds. The first-order valence-corrected chi connectivity index (χ1v) is 13.9. The van der Waals surface area contributed by atoms with Crippen LogP contribution in [0.4, 0.5) is 0 Å². The summed E-state index contributed by atoms with van der Waals surface area (Å²) in [5.41, 5.74) is 3.02. The summed E-state index contributed by atoms with van der Waals surface area (Å²) in [5.74, 6) is -0.509. The number of ketones is 1. The number of aliphatic hydroxyl groups is 1. The first kappa shape index (κ1) is 26.3. The van der Waals surface area contributed by atoms with Gasteiger partial charge in [0.25, 0.3) is 5.91 Å². The molecule has 11 heteroatoms. The Morgan fingerprint density at radius 2 is 1.90 bits per heavy atom. The number of aliphatic hydroxyl groups excluding tert-OH is 1. The van der Waals surface area contributed by atoms with E-state index in [2.05, 4.69) is 9.88 Å². The van der Waals surface area contributed by atoms with Crippen LogP contribution in [0.2, 0.25) is 0 Å². The molecule has 0 bridgehead atoms. The fraction of sp³-hybridized carbons (Fsp3) is 0.345. The number of hydrogen-bond acceptors (Lipinski definition) is 9. The number of carbonyl (C=O) groups excluding carboxylic acids is 2. The van der Waals surface area contributed by atoms with Gasteiger partial charge < -0.3 is 24.2 Å². The molecule has 2 aromatic carbocycles. The third-order valence-electron chi connectivity index (χ3n) is 7.63. The van der Waals surface area contributed by atoms with Gasteiger partial charge in [-0.15, -0.1) is 0 Å². The number of methoxy groups -OCH3 is 2. The van der Waals surface area contributed by atoms with E-state index in [0.717, 1.165) is 24.1 Å². The molecule has 1 saturated heterocycles. The highest BCUT2D eigenvalue weighted by atomic mass is 32.1. The van der Waals surface area contributed by atoms with Gasteiger partial charge in [0, 0.05) is 37.4 Å². The van der Waals surface area contributed by atoms with Crippen molar-refractivity contribution in [2.45, 2.75) is 13.0 Å². The van der Waals surface area contributed by atoms with E-state index in [9.17, 15) is 14.7 Å². The summed E-state index contributed by atoms with van der Waals surface area (Å²) in [4.78, 5) is 37.4. The van der Waals surface area contributed by atoms with Gasteiger partial charge in [0.05, 0.1) is 55.0 Å². The van der Waals surface area contributed by atoms with Gasteiger partial charge in [0.1, 0.15) is 11.5 Å². The molecule has 1 N–H and O–H groups in total. The van der Waals surface area contributed by atoms with Gasteiger partial charge in [-0.3, -0.25) is 18.9 Å². The lowest BCUT2D eigenvalue weighted by atomic mass is 9.94. The fourth-order valence-corrected chi connectivity index (χ4v) is 6.66. The molecule has 40 heavy (non-hydrogen) atoms. The molecule has 4 heterocycles. The Morgan fingerprint density at radius 1 is 1.12 bits per heavy atom. The van der Waals surface area contributed by atoms with E-state index in [0.29, 0.717) is 58.9 Å². The lowest BCUT2D eigenvalue weighted by Crippen LogP contribution is -2.43. The van der Waals surface area contributed by atoms with E-state index in [1.165, 1.54) is 18.4 Å². The van der Waals surface area contributed by atoms with Gasteiger partial charge in [-0.2, -0.15) is 0 Å². The fourth-order valence-electron chi connectivity index (χ4n) is 5.56. The molecule has 2 aliphatic rings. The largest absolute Gasteiger partial charge is 0.503 e. The summed E-state index contributed by atoms with van der Waals surface area (Å²) in [5, 5.41) is 11.3. The zero-order valence-corrected chi connectivity index (χ0v) is 23.4. The molecular formula is C29H30N4O6S. The van der Waals surface area contributed by atoms with Gasteiger partial charge in [0.15, 0.2) is 10.7 Å². The quantitative estimate of drug-likeness (QED) is 0.324. The topological polar surface area (TPSA) is 106 Å². The molecule has 6 rings (SSSR count). The minimum absolute atomic E-state index is 0.0236. The van der Waals surface area contributed by atoms with E-state index in [1.807, 2.05) is 35.6 Å². The smallest absolute Gasteiger partial charge is 0.290 e. The number of amides is 1. The number of morpholine rings is 1. The molecule has 10 nitrogen and oxygen atoms in total. The van der Waals surface area contributed by atoms with Crippen LogP contribution in [0.15, 0.2) is 53.8 Å². The number of ether oxygens (including phenoxy) is 3. The van der Waals surface area contributed by atoms with Crippen LogP contribution in [0.1, 0.15) is 27.0 Å². The van der Waals surface area contributed by atoms with Crippen molar-refractivity contribution in [2.75, 3.05) is 53.6 Å². The Bertz CT molecular complexity index is 1650. The second-order valence-corrected chi connectivity index (χ2v) is 10.8. The first-order valence-electron chi connectivity index (χ1n) is 13.1. The van der Waals surface area contributed by atoms with Crippen LogP contribution in [-0.4, -0.2) is 89.6 Å². The van der Waals surface area contributed by atoms with Crippen molar-refractivity contribution in [1.29, 1.82) is 0 Å². The van der Waals surface area contributed by atoms with E-state index in [4.69, 9.17) is 14.2 Å². The molecule has 208 valence electrons. The van der Waals surface area contributed by atoms with Gasteiger partial charge in [-0.1, -0.05) is 23.5 Å². The van der Waals surface area contributed by atoms with Crippen molar-refractivity contribution in [3.8, 4) is 11.5 Å². The van der Waals surface area contributed by atoms with Crippen molar-refractivity contribution in [2.24, 2.45) is 0 Å². The summed E-state index contributed by atoms with van der Waals surface area (Å²) in [6, 6.07) is 12.1. The Kier molecular flexibility index (Phi) is 6.95. The number of imidazole rings is 1. The molecular weight excluding hydrogens is 532 g/mol. The minimum Gasteiger partial charge on any atom is -0.503 e. The third-order valence-corrected chi connectivity index (χ3v) is 8.78. The number of para-hydroxylation sites is 2. The zero-order chi connectivity index (χ0) is 28.0. The van der Waals surface area contributed by atoms with E-state index >= 15 is 0 Å². The highest BCUT2D eigenvalue weighted by Gasteiger charge is 2.46. The first-order chi connectivity index (χ1) is 19.4. The standard InChI is InChI=1S/C29H30N4O6S/c1-17-27(40-29-30-20-6-4-5-7-21(20)33(17)29)25(34)23-24(19-16-18(37-2)8-9-22(19)38-3)32(28(36)26(23)35)11-10-31-12-14-39-15-13-31/h4-9,16,24,35H,10-15H2,1-3H3. The monoisotopic (exact) mass is 562 g/mol. The van der Waals surface area contributed by atoms with Crippen molar-refractivity contribution in [1.82, 2.24) is 19.2 Å². The average Bonchev–Trinajstić information content (AvgIpc) is 3.60.